The van der Waals surface area contributed by atoms with Crippen LogP contribution >= 0.6 is 27.5 Å². The molecule has 20 heavy (non-hydrogen) atoms. The Morgan fingerprint density at radius 2 is 1.70 bits per heavy atom. The Morgan fingerprint density at radius 1 is 1.10 bits per heavy atom. The average Bonchev–Trinajstić information content (AvgIpc) is 2.39. The van der Waals surface area contributed by atoms with Crippen molar-refractivity contribution in [1.29, 1.82) is 0 Å². The number of hydrogen-bond donors (Lipinski definition) is 1. The fourth-order valence-corrected chi connectivity index (χ4v) is 3.37. The Morgan fingerprint density at radius 3 is 2.30 bits per heavy atom. The largest absolute Gasteiger partial charge is 0.279 e. The second-order valence-electron chi connectivity index (χ2n) is 4.26. The third-order valence-corrected chi connectivity index (χ3v) is 4.88. The first kappa shape index (κ1) is 15.4. The quantitative estimate of drug-likeness (QED) is 0.795. The summed E-state index contributed by atoms with van der Waals surface area (Å²) in [5.74, 6) is 0. The number of rotatable bonds is 4. The summed E-state index contributed by atoms with van der Waals surface area (Å²) in [5, 5.41) is 0.499. The molecule has 0 aliphatic rings. The molecule has 0 aliphatic heterocycles. The highest BCUT2D eigenvalue weighted by Crippen LogP contribution is 2.30. The molecule has 2 aromatic rings. The molecule has 6 heteroatoms. The molecule has 0 aromatic heterocycles. The summed E-state index contributed by atoms with van der Waals surface area (Å²) in [5.41, 5.74) is 1.44. The number of sulfonamides is 1. The summed E-state index contributed by atoms with van der Waals surface area (Å²) < 4.78 is 27.2. The van der Waals surface area contributed by atoms with Gasteiger partial charge in [0.15, 0.2) is 0 Å². The number of benzene rings is 2. The average molecular weight is 375 g/mol. The molecular formula is C14H13BrClNO2S. The van der Waals surface area contributed by atoms with Crippen LogP contribution in [0.1, 0.15) is 17.3 Å². The first-order valence-corrected chi connectivity index (χ1v) is 8.69. The molecule has 0 heterocycles. The van der Waals surface area contributed by atoms with E-state index in [1.165, 1.54) is 12.1 Å². The van der Waals surface area contributed by atoms with E-state index in [2.05, 4.69) is 20.7 Å². The number of alkyl halides is 1. The zero-order valence-corrected chi connectivity index (χ0v) is 13.8. The third kappa shape index (κ3) is 3.53. The first-order chi connectivity index (χ1) is 9.40. The van der Waals surface area contributed by atoms with Crippen molar-refractivity contribution < 1.29 is 8.42 Å². The zero-order valence-electron chi connectivity index (χ0n) is 10.7. The van der Waals surface area contributed by atoms with Crippen LogP contribution in [0.4, 0.5) is 5.69 Å². The molecule has 106 valence electrons. The Balaban J connectivity index is 2.36. The minimum atomic E-state index is -3.62. The number of hydrogen-bond acceptors (Lipinski definition) is 2. The lowest BCUT2D eigenvalue weighted by Gasteiger charge is -2.14. The topological polar surface area (TPSA) is 46.2 Å². The highest BCUT2D eigenvalue weighted by atomic mass is 79.9. The van der Waals surface area contributed by atoms with Gasteiger partial charge in [-0.3, -0.25) is 4.72 Å². The fraction of sp³-hybridized carbons (Fsp3) is 0.143. The molecule has 0 bridgehead atoms. The van der Waals surface area contributed by atoms with Gasteiger partial charge in [-0.1, -0.05) is 45.7 Å². The lowest BCUT2D eigenvalue weighted by Crippen LogP contribution is -2.14. The second-order valence-corrected chi connectivity index (χ2v) is 7.76. The van der Waals surface area contributed by atoms with Crippen molar-refractivity contribution in [3.8, 4) is 0 Å². The smallest absolute Gasteiger partial charge is 0.261 e. The van der Waals surface area contributed by atoms with E-state index in [1.807, 2.05) is 19.1 Å². The lowest BCUT2D eigenvalue weighted by atomic mass is 10.1. The molecule has 1 unspecified atom stereocenters. The van der Waals surface area contributed by atoms with Crippen LogP contribution in [-0.2, 0) is 10.0 Å². The number of nitrogens with one attached hydrogen (secondary N) is 1. The molecular weight excluding hydrogens is 362 g/mol. The van der Waals surface area contributed by atoms with Crippen LogP contribution in [0.2, 0.25) is 5.02 Å². The van der Waals surface area contributed by atoms with Crippen LogP contribution in [0.15, 0.2) is 53.4 Å². The molecule has 3 nitrogen and oxygen atoms in total. The fourth-order valence-electron chi connectivity index (χ4n) is 1.75. The van der Waals surface area contributed by atoms with Crippen LogP contribution in [0, 0.1) is 0 Å². The summed E-state index contributed by atoms with van der Waals surface area (Å²) in [7, 11) is -3.62. The van der Waals surface area contributed by atoms with E-state index in [4.69, 9.17) is 11.6 Å². The zero-order chi connectivity index (χ0) is 14.8. The first-order valence-electron chi connectivity index (χ1n) is 5.91. The van der Waals surface area contributed by atoms with Gasteiger partial charge in [0.1, 0.15) is 0 Å². The Labute approximate surface area is 132 Å². The van der Waals surface area contributed by atoms with E-state index in [0.29, 0.717) is 10.7 Å². The molecule has 0 amide bonds. The van der Waals surface area contributed by atoms with Crippen molar-refractivity contribution in [2.75, 3.05) is 4.72 Å². The lowest BCUT2D eigenvalue weighted by molar-refractivity contribution is 0.601. The predicted molar refractivity (Wildman–Crippen MR) is 86.0 cm³/mol. The molecule has 2 rings (SSSR count). The van der Waals surface area contributed by atoms with Crippen molar-refractivity contribution in [3.05, 3.63) is 59.1 Å². The van der Waals surface area contributed by atoms with Crippen molar-refractivity contribution in [2.45, 2.75) is 16.6 Å². The Bertz CT molecular complexity index is 699. The highest BCUT2D eigenvalue weighted by molar-refractivity contribution is 9.09. The van der Waals surface area contributed by atoms with Crippen LogP contribution in [-0.4, -0.2) is 8.42 Å². The molecule has 1 atom stereocenters. The van der Waals surface area contributed by atoms with Crippen molar-refractivity contribution in [3.63, 3.8) is 0 Å². The molecule has 0 fully saturated rings. The van der Waals surface area contributed by atoms with E-state index in [1.54, 1.807) is 24.3 Å². The van der Waals surface area contributed by atoms with Crippen LogP contribution in [0.25, 0.3) is 0 Å². The standard InChI is InChI=1S/C14H13BrClNO2S/c1-10(15)13-4-2-3-5-14(13)17-20(18,19)12-8-6-11(16)7-9-12/h2-10,17H,1H3. The van der Waals surface area contributed by atoms with E-state index in [9.17, 15) is 8.42 Å². The SMILES string of the molecule is CC(Br)c1ccccc1NS(=O)(=O)c1ccc(Cl)cc1. The van der Waals surface area contributed by atoms with Crippen LogP contribution in [0.5, 0.6) is 0 Å². The maximum atomic E-state index is 12.3. The van der Waals surface area contributed by atoms with Crippen molar-refractivity contribution in [2.24, 2.45) is 0 Å². The van der Waals surface area contributed by atoms with Gasteiger partial charge in [-0.15, -0.1) is 0 Å². The maximum absolute atomic E-state index is 12.3. The summed E-state index contributed by atoms with van der Waals surface area (Å²) in [6.07, 6.45) is 0. The van der Waals surface area contributed by atoms with Gasteiger partial charge in [-0.25, -0.2) is 8.42 Å². The van der Waals surface area contributed by atoms with Gasteiger partial charge < -0.3 is 0 Å². The van der Waals surface area contributed by atoms with E-state index in [-0.39, 0.29) is 9.72 Å². The maximum Gasteiger partial charge on any atom is 0.261 e. The Hall–Kier alpha value is -1.04. The number of para-hydroxylation sites is 1. The minimum absolute atomic E-state index is 0.0478. The summed E-state index contributed by atoms with van der Waals surface area (Å²) >= 11 is 9.22. The summed E-state index contributed by atoms with van der Waals surface area (Å²) in [4.78, 5) is 0.227. The van der Waals surface area contributed by atoms with Gasteiger partial charge in [-0.2, -0.15) is 0 Å². The molecule has 0 aliphatic carbocycles. The van der Waals surface area contributed by atoms with Gasteiger partial charge in [-0.05, 0) is 42.8 Å². The van der Waals surface area contributed by atoms with Gasteiger partial charge in [0.05, 0.1) is 10.6 Å². The number of anilines is 1. The minimum Gasteiger partial charge on any atom is -0.279 e. The molecule has 0 spiro atoms. The second kappa shape index (κ2) is 6.16. The van der Waals surface area contributed by atoms with E-state index >= 15 is 0 Å². The van der Waals surface area contributed by atoms with Crippen LogP contribution in [0.3, 0.4) is 0 Å². The van der Waals surface area contributed by atoms with Crippen LogP contribution < -0.4 is 4.72 Å². The van der Waals surface area contributed by atoms with E-state index in [0.717, 1.165) is 5.56 Å². The van der Waals surface area contributed by atoms with Gasteiger partial charge >= 0.3 is 0 Å². The molecule has 1 N–H and O–H groups in total. The van der Waals surface area contributed by atoms with Gasteiger partial charge in [0, 0.05) is 9.85 Å². The van der Waals surface area contributed by atoms with Crippen molar-refractivity contribution in [1.82, 2.24) is 0 Å². The normalized spacial score (nSPS) is 12.9. The van der Waals surface area contributed by atoms with Gasteiger partial charge in [0.2, 0.25) is 0 Å². The Kier molecular flexibility index (Phi) is 4.73. The monoisotopic (exact) mass is 373 g/mol. The molecule has 2 aromatic carbocycles. The molecule has 0 saturated carbocycles. The van der Waals surface area contributed by atoms with Crippen molar-refractivity contribution >= 4 is 43.2 Å². The number of halogens is 2. The highest BCUT2D eigenvalue weighted by Gasteiger charge is 2.16. The molecule has 0 radical (unpaired) electrons. The van der Waals surface area contributed by atoms with Gasteiger partial charge in [0.25, 0.3) is 10.0 Å². The molecule has 0 saturated heterocycles. The van der Waals surface area contributed by atoms with E-state index < -0.39 is 10.0 Å². The predicted octanol–water partition coefficient (Wildman–Crippen LogP) is 4.60. The third-order valence-electron chi connectivity index (χ3n) is 2.76. The summed E-state index contributed by atoms with van der Waals surface area (Å²) in [6, 6.07) is 13.3. The summed E-state index contributed by atoms with van der Waals surface area (Å²) in [6.45, 7) is 1.94.